The molecule has 0 aliphatic carbocycles. The monoisotopic (exact) mass is 301 g/mol. The SMILES string of the molecule is Cc1cnc(NC(=O)CCCOc2cccc(C#N)c2)s1. The largest absolute Gasteiger partial charge is 0.494 e. The molecule has 0 spiro atoms. The molecule has 0 radical (unpaired) electrons. The zero-order valence-electron chi connectivity index (χ0n) is 11.6. The molecule has 0 saturated heterocycles. The fourth-order valence-electron chi connectivity index (χ4n) is 1.67. The van der Waals surface area contributed by atoms with Crippen LogP contribution in [-0.4, -0.2) is 17.5 Å². The molecule has 108 valence electrons. The van der Waals surface area contributed by atoms with Crippen molar-refractivity contribution >= 4 is 22.4 Å². The summed E-state index contributed by atoms with van der Waals surface area (Å²) < 4.78 is 5.51. The predicted octanol–water partition coefficient (Wildman–Crippen LogP) is 3.12. The molecule has 0 aliphatic heterocycles. The van der Waals surface area contributed by atoms with Gasteiger partial charge in [-0.3, -0.25) is 4.79 Å². The Hall–Kier alpha value is -2.39. The Morgan fingerprint density at radius 3 is 3.10 bits per heavy atom. The van der Waals surface area contributed by atoms with Crippen molar-refractivity contribution in [2.75, 3.05) is 11.9 Å². The van der Waals surface area contributed by atoms with Crippen LogP contribution in [0.3, 0.4) is 0 Å². The average Bonchev–Trinajstić information content (AvgIpc) is 2.89. The minimum absolute atomic E-state index is 0.0706. The second-order valence-corrected chi connectivity index (χ2v) is 5.65. The van der Waals surface area contributed by atoms with E-state index in [-0.39, 0.29) is 5.91 Å². The van der Waals surface area contributed by atoms with Gasteiger partial charge in [0.25, 0.3) is 0 Å². The van der Waals surface area contributed by atoms with Crippen LogP contribution in [0.2, 0.25) is 0 Å². The van der Waals surface area contributed by atoms with Gasteiger partial charge in [0.05, 0.1) is 18.2 Å². The first kappa shape index (κ1) is 15.0. The molecule has 1 heterocycles. The molecule has 0 atom stereocenters. The molecular weight excluding hydrogens is 286 g/mol. The summed E-state index contributed by atoms with van der Waals surface area (Å²) in [5.74, 6) is 0.573. The number of carbonyl (C=O) groups excluding carboxylic acids is 1. The molecule has 1 N–H and O–H groups in total. The molecule has 6 heteroatoms. The highest BCUT2D eigenvalue weighted by molar-refractivity contribution is 7.15. The number of amides is 1. The number of benzene rings is 1. The summed E-state index contributed by atoms with van der Waals surface area (Å²) in [7, 11) is 0. The molecule has 21 heavy (non-hydrogen) atoms. The number of aryl methyl sites for hydroxylation is 1. The fraction of sp³-hybridized carbons (Fsp3) is 0.267. The lowest BCUT2D eigenvalue weighted by atomic mass is 10.2. The highest BCUT2D eigenvalue weighted by atomic mass is 32.1. The standard InChI is InChI=1S/C15H15N3O2S/c1-11-10-17-15(21-11)18-14(19)6-3-7-20-13-5-2-4-12(8-13)9-16/h2,4-5,8,10H,3,6-7H2,1H3,(H,17,18,19). The van der Waals surface area contributed by atoms with Crippen molar-refractivity contribution in [3.05, 3.63) is 40.9 Å². The quantitative estimate of drug-likeness (QED) is 0.832. The van der Waals surface area contributed by atoms with Crippen molar-refractivity contribution in [1.82, 2.24) is 4.98 Å². The Balaban J connectivity index is 1.69. The van der Waals surface area contributed by atoms with Crippen LogP contribution in [0.1, 0.15) is 23.3 Å². The van der Waals surface area contributed by atoms with E-state index >= 15 is 0 Å². The molecule has 1 amide bonds. The van der Waals surface area contributed by atoms with Gasteiger partial charge in [0.2, 0.25) is 5.91 Å². The number of rotatable bonds is 6. The maximum atomic E-state index is 11.7. The van der Waals surface area contributed by atoms with Crippen LogP contribution in [-0.2, 0) is 4.79 Å². The molecule has 0 saturated carbocycles. The van der Waals surface area contributed by atoms with Crippen molar-refractivity contribution < 1.29 is 9.53 Å². The van der Waals surface area contributed by atoms with Crippen molar-refractivity contribution in [1.29, 1.82) is 5.26 Å². The van der Waals surface area contributed by atoms with Gasteiger partial charge in [0.1, 0.15) is 5.75 Å². The Bertz CT molecular complexity index is 661. The summed E-state index contributed by atoms with van der Waals surface area (Å²) in [4.78, 5) is 16.8. The third-order valence-corrected chi connectivity index (χ3v) is 3.48. The second-order valence-electron chi connectivity index (χ2n) is 4.42. The van der Waals surface area contributed by atoms with Gasteiger partial charge in [-0.2, -0.15) is 5.26 Å². The number of nitriles is 1. The van der Waals surface area contributed by atoms with Crippen LogP contribution >= 0.6 is 11.3 Å². The highest BCUT2D eigenvalue weighted by Crippen LogP contribution is 2.17. The van der Waals surface area contributed by atoms with Crippen molar-refractivity contribution in [3.63, 3.8) is 0 Å². The molecule has 0 fully saturated rings. The van der Waals surface area contributed by atoms with Gasteiger partial charge >= 0.3 is 0 Å². The van der Waals surface area contributed by atoms with Crippen molar-refractivity contribution in [2.45, 2.75) is 19.8 Å². The number of thiazole rings is 1. The molecule has 5 nitrogen and oxygen atoms in total. The Morgan fingerprint density at radius 2 is 2.38 bits per heavy atom. The molecule has 0 aliphatic rings. The van der Waals surface area contributed by atoms with E-state index in [0.717, 1.165) is 4.88 Å². The Morgan fingerprint density at radius 1 is 1.52 bits per heavy atom. The van der Waals surface area contributed by atoms with Gasteiger partial charge in [-0.05, 0) is 31.5 Å². The normalized spacial score (nSPS) is 9.90. The predicted molar refractivity (Wildman–Crippen MR) is 81.4 cm³/mol. The maximum absolute atomic E-state index is 11.7. The van der Waals surface area contributed by atoms with Gasteiger partial charge in [-0.25, -0.2) is 4.98 Å². The Labute approximate surface area is 127 Å². The Kier molecular flexibility index (Phi) is 5.29. The van der Waals surface area contributed by atoms with Crippen LogP contribution in [0.4, 0.5) is 5.13 Å². The summed E-state index contributed by atoms with van der Waals surface area (Å²) in [6.07, 6.45) is 2.70. The van der Waals surface area contributed by atoms with Crippen LogP contribution in [0.5, 0.6) is 5.75 Å². The lowest BCUT2D eigenvalue weighted by Crippen LogP contribution is -2.12. The highest BCUT2D eigenvalue weighted by Gasteiger charge is 2.05. The molecule has 1 aromatic carbocycles. The summed E-state index contributed by atoms with van der Waals surface area (Å²) in [5.41, 5.74) is 0.560. The molecule has 0 bridgehead atoms. The van der Waals surface area contributed by atoms with Crippen LogP contribution in [0, 0.1) is 18.3 Å². The molecular formula is C15H15N3O2S. The lowest BCUT2D eigenvalue weighted by Gasteiger charge is -2.06. The molecule has 1 aromatic heterocycles. The van der Waals surface area contributed by atoms with E-state index in [1.54, 1.807) is 30.5 Å². The smallest absolute Gasteiger partial charge is 0.226 e. The van der Waals surface area contributed by atoms with Gasteiger partial charge in [0, 0.05) is 17.5 Å². The van der Waals surface area contributed by atoms with E-state index in [1.165, 1.54) is 11.3 Å². The summed E-state index contributed by atoms with van der Waals surface area (Å²) in [5, 5.41) is 12.2. The summed E-state index contributed by atoms with van der Waals surface area (Å²) >= 11 is 1.45. The zero-order chi connectivity index (χ0) is 15.1. The number of aromatic nitrogens is 1. The molecule has 2 rings (SSSR count). The first-order valence-electron chi connectivity index (χ1n) is 6.52. The van der Waals surface area contributed by atoms with Gasteiger partial charge in [-0.15, -0.1) is 11.3 Å². The van der Waals surface area contributed by atoms with Crippen LogP contribution in [0.15, 0.2) is 30.5 Å². The summed E-state index contributed by atoms with van der Waals surface area (Å²) in [6, 6.07) is 9.01. The molecule has 2 aromatic rings. The third kappa shape index (κ3) is 4.89. The van der Waals surface area contributed by atoms with E-state index in [0.29, 0.717) is 35.9 Å². The fourth-order valence-corrected chi connectivity index (χ4v) is 2.35. The van der Waals surface area contributed by atoms with Gasteiger partial charge in [-0.1, -0.05) is 6.07 Å². The van der Waals surface area contributed by atoms with E-state index in [1.807, 2.05) is 6.92 Å². The summed E-state index contributed by atoms with van der Waals surface area (Å²) in [6.45, 7) is 2.37. The van der Waals surface area contributed by atoms with Crippen LogP contribution < -0.4 is 10.1 Å². The van der Waals surface area contributed by atoms with E-state index in [4.69, 9.17) is 10.00 Å². The second kappa shape index (κ2) is 7.41. The number of ether oxygens (including phenoxy) is 1. The van der Waals surface area contributed by atoms with Crippen LogP contribution in [0.25, 0.3) is 0 Å². The maximum Gasteiger partial charge on any atom is 0.226 e. The minimum Gasteiger partial charge on any atom is -0.494 e. The zero-order valence-corrected chi connectivity index (χ0v) is 12.4. The number of hydrogen-bond donors (Lipinski definition) is 1. The minimum atomic E-state index is -0.0706. The number of nitrogens with one attached hydrogen (secondary N) is 1. The first-order chi connectivity index (χ1) is 10.2. The van der Waals surface area contributed by atoms with E-state index < -0.39 is 0 Å². The van der Waals surface area contributed by atoms with Crippen molar-refractivity contribution in [3.8, 4) is 11.8 Å². The average molecular weight is 301 g/mol. The van der Waals surface area contributed by atoms with Crippen molar-refractivity contribution in [2.24, 2.45) is 0 Å². The molecule has 0 unspecified atom stereocenters. The number of anilines is 1. The number of hydrogen-bond acceptors (Lipinski definition) is 5. The van der Waals surface area contributed by atoms with Gasteiger partial charge in [0.15, 0.2) is 5.13 Å². The van der Waals surface area contributed by atoms with E-state index in [9.17, 15) is 4.79 Å². The van der Waals surface area contributed by atoms with E-state index in [2.05, 4.69) is 16.4 Å². The van der Waals surface area contributed by atoms with Gasteiger partial charge < -0.3 is 10.1 Å². The first-order valence-corrected chi connectivity index (χ1v) is 7.34. The number of nitrogens with zero attached hydrogens (tertiary/aromatic N) is 2. The lowest BCUT2D eigenvalue weighted by molar-refractivity contribution is -0.116. The third-order valence-electron chi connectivity index (χ3n) is 2.65. The topological polar surface area (TPSA) is 75.0 Å². The number of carbonyl (C=O) groups is 1.